The van der Waals surface area contributed by atoms with Crippen molar-refractivity contribution in [3.8, 4) is 0 Å². The fourth-order valence-corrected chi connectivity index (χ4v) is 2.42. The summed E-state index contributed by atoms with van der Waals surface area (Å²) in [5, 5.41) is 7.92. The molecule has 0 bridgehead atoms. The third-order valence-corrected chi connectivity index (χ3v) is 3.67. The number of benzene rings is 1. The smallest absolute Gasteiger partial charge is 0.0522 e. The van der Waals surface area contributed by atoms with Gasteiger partial charge in [0.05, 0.1) is 5.69 Å². The van der Waals surface area contributed by atoms with Crippen LogP contribution in [0.2, 0.25) is 0 Å². The van der Waals surface area contributed by atoms with E-state index in [1.807, 2.05) is 6.20 Å². The van der Waals surface area contributed by atoms with Gasteiger partial charge in [0.1, 0.15) is 0 Å². The fourth-order valence-electron chi connectivity index (χ4n) is 2.42. The molecule has 3 heteroatoms. The summed E-state index contributed by atoms with van der Waals surface area (Å²) in [4.78, 5) is 0. The predicted octanol–water partition coefficient (Wildman–Crippen LogP) is 3.36. The van der Waals surface area contributed by atoms with Crippen molar-refractivity contribution in [1.82, 2.24) is 15.1 Å². The van der Waals surface area contributed by atoms with Gasteiger partial charge < -0.3 is 5.32 Å². The summed E-state index contributed by atoms with van der Waals surface area (Å²) in [5.74, 6) is 0. The monoisotopic (exact) mass is 271 g/mol. The van der Waals surface area contributed by atoms with Gasteiger partial charge in [-0.1, -0.05) is 51.1 Å². The summed E-state index contributed by atoms with van der Waals surface area (Å²) < 4.78 is 2.09. The van der Waals surface area contributed by atoms with Crippen LogP contribution in [0.1, 0.15) is 38.4 Å². The quantitative estimate of drug-likeness (QED) is 0.837. The lowest BCUT2D eigenvalue weighted by atomic mass is 9.84. The molecule has 108 valence electrons. The topological polar surface area (TPSA) is 29.9 Å². The van der Waals surface area contributed by atoms with E-state index >= 15 is 0 Å². The van der Waals surface area contributed by atoms with E-state index in [0.717, 1.165) is 26.1 Å². The van der Waals surface area contributed by atoms with E-state index in [4.69, 9.17) is 0 Å². The molecule has 20 heavy (non-hydrogen) atoms. The van der Waals surface area contributed by atoms with Crippen molar-refractivity contribution in [1.29, 1.82) is 0 Å². The van der Waals surface area contributed by atoms with Crippen molar-refractivity contribution in [2.24, 2.45) is 0 Å². The number of aromatic nitrogens is 2. The highest BCUT2D eigenvalue weighted by molar-refractivity contribution is 5.23. The van der Waals surface area contributed by atoms with Crippen molar-refractivity contribution in [2.45, 2.75) is 45.7 Å². The normalized spacial score (nSPS) is 11.8. The molecule has 1 aromatic carbocycles. The number of nitrogens with one attached hydrogen (secondary N) is 1. The van der Waals surface area contributed by atoms with Gasteiger partial charge in [0.2, 0.25) is 0 Å². The van der Waals surface area contributed by atoms with Crippen molar-refractivity contribution in [3.63, 3.8) is 0 Å². The lowest BCUT2D eigenvalue weighted by Crippen LogP contribution is -2.33. The zero-order valence-electron chi connectivity index (χ0n) is 12.8. The first-order chi connectivity index (χ1) is 9.63. The van der Waals surface area contributed by atoms with Crippen LogP contribution in [-0.2, 0) is 18.5 Å². The minimum atomic E-state index is 0.136. The average Bonchev–Trinajstić information content (AvgIpc) is 2.88. The van der Waals surface area contributed by atoms with E-state index in [1.54, 1.807) is 0 Å². The standard InChI is InChI=1S/C17H25N3/c1-4-12-20-16(10-11-19-20)13-18-14-17(2,3)15-8-6-5-7-9-15/h5-11,18H,4,12-14H2,1-3H3. The molecule has 0 fully saturated rings. The summed E-state index contributed by atoms with van der Waals surface area (Å²) in [6.07, 6.45) is 3.00. The first-order valence-electron chi connectivity index (χ1n) is 7.40. The maximum Gasteiger partial charge on any atom is 0.0522 e. The summed E-state index contributed by atoms with van der Waals surface area (Å²) in [5.41, 5.74) is 2.77. The molecular formula is C17H25N3. The molecule has 1 heterocycles. The van der Waals surface area contributed by atoms with E-state index in [-0.39, 0.29) is 5.41 Å². The Bertz CT molecular complexity index is 514. The van der Waals surface area contributed by atoms with Crippen molar-refractivity contribution < 1.29 is 0 Å². The maximum atomic E-state index is 4.36. The van der Waals surface area contributed by atoms with E-state index in [1.165, 1.54) is 11.3 Å². The molecule has 0 amide bonds. The van der Waals surface area contributed by atoms with Crippen molar-refractivity contribution in [2.75, 3.05) is 6.54 Å². The lowest BCUT2D eigenvalue weighted by Gasteiger charge is -2.25. The van der Waals surface area contributed by atoms with Crippen molar-refractivity contribution in [3.05, 3.63) is 53.9 Å². The minimum Gasteiger partial charge on any atom is -0.310 e. The Hall–Kier alpha value is -1.61. The summed E-state index contributed by atoms with van der Waals surface area (Å²) in [6.45, 7) is 9.55. The molecular weight excluding hydrogens is 246 g/mol. The van der Waals surface area contributed by atoms with Crippen LogP contribution >= 0.6 is 0 Å². The Kier molecular flexibility index (Phi) is 4.96. The second kappa shape index (κ2) is 6.71. The van der Waals surface area contributed by atoms with Gasteiger partial charge in [-0.2, -0.15) is 5.10 Å². The zero-order valence-corrected chi connectivity index (χ0v) is 12.8. The van der Waals surface area contributed by atoms with Crippen LogP contribution < -0.4 is 5.32 Å². The van der Waals surface area contributed by atoms with E-state index in [9.17, 15) is 0 Å². The molecule has 0 aliphatic rings. The minimum absolute atomic E-state index is 0.136. The van der Waals surface area contributed by atoms with Gasteiger partial charge in [-0.15, -0.1) is 0 Å². The highest BCUT2D eigenvalue weighted by Crippen LogP contribution is 2.21. The molecule has 0 atom stereocenters. The molecule has 0 spiro atoms. The van der Waals surface area contributed by atoms with Crippen molar-refractivity contribution >= 4 is 0 Å². The molecule has 1 aromatic heterocycles. The lowest BCUT2D eigenvalue weighted by molar-refractivity contribution is 0.457. The molecule has 3 nitrogen and oxygen atoms in total. The molecule has 0 aliphatic carbocycles. The van der Waals surface area contributed by atoms with Crippen LogP contribution in [-0.4, -0.2) is 16.3 Å². The Morgan fingerprint density at radius 3 is 2.60 bits per heavy atom. The van der Waals surface area contributed by atoms with Gasteiger partial charge >= 0.3 is 0 Å². The summed E-state index contributed by atoms with van der Waals surface area (Å²) in [6, 6.07) is 12.8. The summed E-state index contributed by atoms with van der Waals surface area (Å²) in [7, 11) is 0. The Labute approximate surface area is 122 Å². The summed E-state index contributed by atoms with van der Waals surface area (Å²) >= 11 is 0. The van der Waals surface area contributed by atoms with Gasteiger partial charge in [0, 0.05) is 31.2 Å². The first-order valence-corrected chi connectivity index (χ1v) is 7.40. The molecule has 0 saturated carbocycles. The molecule has 2 rings (SSSR count). The molecule has 1 N–H and O–H groups in total. The van der Waals surface area contributed by atoms with Crippen LogP contribution in [0.5, 0.6) is 0 Å². The number of rotatable bonds is 7. The molecule has 0 saturated heterocycles. The van der Waals surface area contributed by atoms with Crippen LogP contribution in [0.15, 0.2) is 42.6 Å². The van der Waals surface area contributed by atoms with E-state index in [2.05, 4.69) is 72.3 Å². The number of hydrogen-bond donors (Lipinski definition) is 1. The highest BCUT2D eigenvalue weighted by atomic mass is 15.3. The van der Waals surface area contributed by atoms with Crippen LogP contribution in [0.3, 0.4) is 0 Å². The Balaban J connectivity index is 1.90. The fraction of sp³-hybridized carbons (Fsp3) is 0.471. The van der Waals surface area contributed by atoms with Crippen LogP contribution in [0.4, 0.5) is 0 Å². The molecule has 2 aromatic rings. The number of nitrogens with zero attached hydrogens (tertiary/aromatic N) is 2. The molecule has 0 unspecified atom stereocenters. The largest absolute Gasteiger partial charge is 0.310 e. The van der Waals surface area contributed by atoms with Gasteiger partial charge in [-0.25, -0.2) is 0 Å². The van der Waals surface area contributed by atoms with Gasteiger partial charge in [-0.05, 0) is 18.1 Å². The second-order valence-corrected chi connectivity index (χ2v) is 5.90. The predicted molar refractivity (Wildman–Crippen MR) is 83.7 cm³/mol. The molecule has 0 aliphatic heterocycles. The second-order valence-electron chi connectivity index (χ2n) is 5.90. The third-order valence-electron chi connectivity index (χ3n) is 3.67. The van der Waals surface area contributed by atoms with Crippen LogP contribution in [0.25, 0.3) is 0 Å². The Morgan fingerprint density at radius 1 is 1.15 bits per heavy atom. The maximum absolute atomic E-state index is 4.36. The Morgan fingerprint density at radius 2 is 1.90 bits per heavy atom. The van der Waals surface area contributed by atoms with E-state index in [0.29, 0.717) is 0 Å². The van der Waals surface area contributed by atoms with Crippen LogP contribution in [0, 0.1) is 0 Å². The third kappa shape index (κ3) is 3.70. The highest BCUT2D eigenvalue weighted by Gasteiger charge is 2.19. The average molecular weight is 271 g/mol. The zero-order chi connectivity index (χ0) is 14.4. The van der Waals surface area contributed by atoms with Gasteiger partial charge in [0.15, 0.2) is 0 Å². The SMILES string of the molecule is CCCn1nccc1CNCC(C)(C)c1ccccc1. The van der Waals surface area contributed by atoms with Gasteiger partial charge in [0.25, 0.3) is 0 Å². The first kappa shape index (κ1) is 14.8. The molecule has 0 radical (unpaired) electrons. The number of aryl methyl sites for hydroxylation is 1. The number of hydrogen-bond acceptors (Lipinski definition) is 2. The van der Waals surface area contributed by atoms with E-state index < -0.39 is 0 Å². The van der Waals surface area contributed by atoms with Gasteiger partial charge in [-0.3, -0.25) is 4.68 Å².